The quantitative estimate of drug-likeness (QED) is 0.638. The van der Waals surface area contributed by atoms with Crippen molar-refractivity contribution in [2.24, 2.45) is 0 Å². The van der Waals surface area contributed by atoms with Gasteiger partial charge >= 0.3 is 12.0 Å². The number of carboxylic acids is 1. The van der Waals surface area contributed by atoms with Gasteiger partial charge in [0.1, 0.15) is 6.04 Å². The highest BCUT2D eigenvalue weighted by molar-refractivity contribution is 5.82. The predicted octanol–water partition coefficient (Wildman–Crippen LogP) is 0.0786. The molecule has 2 rings (SSSR count). The highest BCUT2D eigenvalue weighted by atomic mass is 16.5. The molecule has 0 saturated carbocycles. The molecule has 0 aliphatic carbocycles. The Hall–Kier alpha value is -1.30. The summed E-state index contributed by atoms with van der Waals surface area (Å²) >= 11 is 0. The number of carbonyl (C=O) groups is 2. The molecule has 4 atom stereocenters. The van der Waals surface area contributed by atoms with Crippen LogP contribution in [0.1, 0.15) is 26.2 Å². The molecule has 90 valence electrons. The number of hydrogen-bond acceptors (Lipinski definition) is 3. The number of carbonyl (C=O) groups excluding carboxylic acids is 1. The molecule has 0 radical (unpaired) electrons. The minimum Gasteiger partial charge on any atom is -0.480 e. The van der Waals surface area contributed by atoms with Gasteiger partial charge in [0.25, 0.3) is 0 Å². The van der Waals surface area contributed by atoms with Crippen molar-refractivity contribution in [3.63, 3.8) is 0 Å². The normalized spacial score (nSPS) is 33.4. The summed E-state index contributed by atoms with van der Waals surface area (Å²) in [6.45, 7) is 1.43. The van der Waals surface area contributed by atoms with E-state index >= 15 is 0 Å². The van der Waals surface area contributed by atoms with Gasteiger partial charge in [0.05, 0.1) is 18.2 Å². The van der Waals surface area contributed by atoms with E-state index in [0.717, 1.165) is 19.3 Å². The van der Waals surface area contributed by atoms with Crippen LogP contribution < -0.4 is 10.6 Å². The van der Waals surface area contributed by atoms with Gasteiger partial charge in [-0.05, 0) is 26.2 Å². The van der Waals surface area contributed by atoms with Gasteiger partial charge in [-0.25, -0.2) is 4.79 Å². The summed E-state index contributed by atoms with van der Waals surface area (Å²) < 4.78 is 5.58. The Morgan fingerprint density at radius 2 is 2.19 bits per heavy atom. The Labute approximate surface area is 93.3 Å². The highest BCUT2D eigenvalue weighted by Gasteiger charge is 2.41. The van der Waals surface area contributed by atoms with Crippen molar-refractivity contribution in [1.29, 1.82) is 0 Å². The van der Waals surface area contributed by atoms with E-state index in [9.17, 15) is 9.59 Å². The molecule has 0 aromatic heterocycles. The van der Waals surface area contributed by atoms with Crippen LogP contribution in [0.4, 0.5) is 4.79 Å². The molecular formula is C10H16N2O4. The number of fused-ring (bicyclic) bond motifs is 2. The zero-order valence-corrected chi connectivity index (χ0v) is 9.10. The Morgan fingerprint density at radius 1 is 1.44 bits per heavy atom. The third-order valence-corrected chi connectivity index (χ3v) is 3.14. The van der Waals surface area contributed by atoms with E-state index in [2.05, 4.69) is 10.6 Å². The van der Waals surface area contributed by atoms with Crippen LogP contribution >= 0.6 is 0 Å². The van der Waals surface area contributed by atoms with Crippen molar-refractivity contribution >= 4 is 12.0 Å². The van der Waals surface area contributed by atoms with Gasteiger partial charge in [-0.2, -0.15) is 0 Å². The number of rotatable bonds is 3. The summed E-state index contributed by atoms with van der Waals surface area (Å²) in [5, 5.41) is 13.7. The number of amides is 2. The van der Waals surface area contributed by atoms with Crippen molar-refractivity contribution in [3.8, 4) is 0 Å². The largest absolute Gasteiger partial charge is 0.480 e. The third-order valence-electron chi connectivity index (χ3n) is 3.14. The van der Waals surface area contributed by atoms with Crippen LogP contribution in [-0.4, -0.2) is 41.4 Å². The Balaban J connectivity index is 1.77. The second-order valence-corrected chi connectivity index (χ2v) is 4.39. The minimum atomic E-state index is -1.04. The molecule has 16 heavy (non-hydrogen) atoms. The fourth-order valence-corrected chi connectivity index (χ4v) is 2.26. The van der Waals surface area contributed by atoms with E-state index in [1.54, 1.807) is 0 Å². The molecule has 2 fully saturated rings. The van der Waals surface area contributed by atoms with Gasteiger partial charge in [0.2, 0.25) is 0 Å². The van der Waals surface area contributed by atoms with E-state index in [1.807, 2.05) is 0 Å². The average molecular weight is 228 g/mol. The molecule has 3 unspecified atom stereocenters. The van der Waals surface area contributed by atoms with Crippen molar-refractivity contribution in [2.75, 3.05) is 0 Å². The number of ether oxygens (including phenoxy) is 1. The standard InChI is InChI=1S/C10H16N2O4/c1-5(9(13)14)11-10(15)12-7-4-6-2-3-8(7)16-6/h5-8H,2-4H2,1H3,(H,13,14)(H2,11,12,15)/t5-,6?,7?,8?/m1/s1. The van der Waals surface area contributed by atoms with E-state index in [-0.39, 0.29) is 18.2 Å². The van der Waals surface area contributed by atoms with Crippen LogP contribution in [0.2, 0.25) is 0 Å². The minimum absolute atomic E-state index is 0.0275. The van der Waals surface area contributed by atoms with E-state index in [4.69, 9.17) is 9.84 Å². The maximum atomic E-state index is 11.4. The zero-order chi connectivity index (χ0) is 11.7. The van der Waals surface area contributed by atoms with Gasteiger partial charge in [0, 0.05) is 0 Å². The zero-order valence-electron chi connectivity index (χ0n) is 9.10. The third kappa shape index (κ3) is 2.27. The topological polar surface area (TPSA) is 87.7 Å². The van der Waals surface area contributed by atoms with Crippen LogP contribution in [0.25, 0.3) is 0 Å². The maximum absolute atomic E-state index is 11.4. The van der Waals surface area contributed by atoms with Crippen molar-refractivity contribution in [1.82, 2.24) is 10.6 Å². The Morgan fingerprint density at radius 3 is 2.69 bits per heavy atom. The van der Waals surface area contributed by atoms with Gasteiger partial charge < -0.3 is 20.5 Å². The van der Waals surface area contributed by atoms with Crippen LogP contribution in [-0.2, 0) is 9.53 Å². The maximum Gasteiger partial charge on any atom is 0.325 e. The molecule has 0 aromatic rings. The lowest BCUT2D eigenvalue weighted by atomic mass is 9.96. The summed E-state index contributed by atoms with van der Waals surface area (Å²) in [6, 6.07) is -1.28. The average Bonchev–Trinajstić information content (AvgIpc) is 2.78. The molecule has 0 aromatic carbocycles. The Bertz CT molecular complexity index is 307. The molecule has 2 heterocycles. The Kier molecular flexibility index (Phi) is 3.00. The predicted molar refractivity (Wildman–Crippen MR) is 55.1 cm³/mol. The van der Waals surface area contributed by atoms with Gasteiger partial charge in [-0.15, -0.1) is 0 Å². The lowest BCUT2D eigenvalue weighted by Gasteiger charge is -2.21. The molecular weight excluding hydrogens is 212 g/mol. The first-order valence-corrected chi connectivity index (χ1v) is 5.51. The lowest BCUT2D eigenvalue weighted by Crippen LogP contribution is -2.50. The van der Waals surface area contributed by atoms with Crippen LogP contribution in [0.15, 0.2) is 0 Å². The second kappa shape index (κ2) is 4.29. The lowest BCUT2D eigenvalue weighted by molar-refractivity contribution is -0.138. The monoisotopic (exact) mass is 228 g/mol. The number of urea groups is 1. The summed E-state index contributed by atoms with van der Waals surface area (Å²) in [5.74, 6) is -1.04. The van der Waals surface area contributed by atoms with Crippen LogP contribution in [0.3, 0.4) is 0 Å². The molecule has 0 spiro atoms. The molecule has 6 nitrogen and oxygen atoms in total. The van der Waals surface area contributed by atoms with Gasteiger partial charge in [-0.1, -0.05) is 0 Å². The summed E-state index contributed by atoms with van der Waals surface area (Å²) in [5.41, 5.74) is 0. The number of hydrogen-bond donors (Lipinski definition) is 3. The summed E-state index contributed by atoms with van der Waals surface area (Å²) in [7, 11) is 0. The van der Waals surface area contributed by atoms with E-state index < -0.39 is 18.0 Å². The number of carboxylic acid groups (broad SMARTS) is 1. The van der Waals surface area contributed by atoms with E-state index in [1.165, 1.54) is 6.92 Å². The molecule has 2 bridgehead atoms. The molecule has 3 N–H and O–H groups in total. The molecule has 2 aliphatic heterocycles. The molecule has 2 saturated heterocycles. The van der Waals surface area contributed by atoms with Crippen molar-refractivity contribution in [2.45, 2.75) is 50.5 Å². The van der Waals surface area contributed by atoms with Crippen molar-refractivity contribution < 1.29 is 19.4 Å². The second-order valence-electron chi connectivity index (χ2n) is 4.39. The van der Waals surface area contributed by atoms with Crippen LogP contribution in [0, 0.1) is 0 Å². The molecule has 2 amide bonds. The van der Waals surface area contributed by atoms with E-state index in [0.29, 0.717) is 0 Å². The molecule has 2 aliphatic rings. The fraction of sp³-hybridized carbons (Fsp3) is 0.800. The summed E-state index contributed by atoms with van der Waals surface area (Å²) in [6.07, 6.45) is 3.25. The van der Waals surface area contributed by atoms with Gasteiger partial charge in [0.15, 0.2) is 0 Å². The highest BCUT2D eigenvalue weighted by Crippen LogP contribution is 2.34. The first-order valence-electron chi connectivity index (χ1n) is 5.51. The smallest absolute Gasteiger partial charge is 0.325 e. The van der Waals surface area contributed by atoms with Crippen molar-refractivity contribution in [3.05, 3.63) is 0 Å². The number of nitrogens with one attached hydrogen (secondary N) is 2. The van der Waals surface area contributed by atoms with Crippen LogP contribution in [0.5, 0.6) is 0 Å². The summed E-state index contributed by atoms with van der Waals surface area (Å²) in [4.78, 5) is 22.0. The SMILES string of the molecule is C[C@@H](NC(=O)NC1CC2CCC1O2)C(=O)O. The van der Waals surface area contributed by atoms with Gasteiger partial charge in [-0.3, -0.25) is 4.79 Å². The first-order chi connectivity index (χ1) is 7.56. The molecule has 6 heteroatoms. The fourth-order valence-electron chi connectivity index (χ4n) is 2.26. The first kappa shape index (κ1) is 11.2. The number of aliphatic carboxylic acids is 1.